The number of sulfonamides is 1. The summed E-state index contributed by atoms with van der Waals surface area (Å²) in [6.07, 6.45) is 2.50. The lowest BCUT2D eigenvalue weighted by Gasteiger charge is -2.27. The number of nitrogens with two attached hydrogens (primary N) is 1. The minimum absolute atomic E-state index is 0. The molecule has 3 N–H and O–H groups in total. The Hall–Kier alpha value is -1.67. The van der Waals surface area contributed by atoms with Gasteiger partial charge in [-0.05, 0) is 42.5 Å². The number of anilines is 1. The van der Waals surface area contributed by atoms with E-state index in [1.54, 1.807) is 6.07 Å². The number of nitrogen functional groups attached to an aromatic ring is 1. The van der Waals surface area contributed by atoms with Crippen LogP contribution in [-0.2, 0) is 16.4 Å². The summed E-state index contributed by atoms with van der Waals surface area (Å²) in [7, 11) is -3.83. The zero-order chi connectivity index (χ0) is 18.3. The molecule has 1 aliphatic carbocycles. The van der Waals surface area contributed by atoms with Gasteiger partial charge in [0, 0.05) is 23.9 Å². The van der Waals surface area contributed by atoms with Gasteiger partial charge in [0.2, 0.25) is 10.0 Å². The molecule has 0 saturated carbocycles. The first-order valence-electron chi connectivity index (χ1n) is 8.44. The molecule has 1 heterocycles. The van der Waals surface area contributed by atoms with Gasteiger partial charge in [0.05, 0.1) is 5.02 Å². The molecule has 0 saturated heterocycles. The minimum Gasteiger partial charge on any atom is -0.486 e. The second-order valence-electron chi connectivity index (χ2n) is 6.45. The van der Waals surface area contributed by atoms with Crippen molar-refractivity contribution in [3.63, 3.8) is 0 Å². The number of halogens is 2. The fourth-order valence-electron chi connectivity index (χ4n) is 3.46. The van der Waals surface area contributed by atoms with Gasteiger partial charge in [-0.1, -0.05) is 17.7 Å². The standard InChI is InChI=1S/C18H19ClN2O4S.ClH/c19-14-9-16-17(25-7-6-24-16)10-18(14)26(22,23)21-15-3-1-2-11-8-12(20)4-5-13(11)15;/h4-5,8-10,15,21H,1-3,6-7,20H2;1H. The van der Waals surface area contributed by atoms with Gasteiger partial charge in [-0.25, -0.2) is 13.1 Å². The maximum Gasteiger partial charge on any atom is 0.242 e. The van der Waals surface area contributed by atoms with E-state index < -0.39 is 10.0 Å². The van der Waals surface area contributed by atoms with Gasteiger partial charge < -0.3 is 15.2 Å². The summed E-state index contributed by atoms with van der Waals surface area (Å²) in [5.41, 5.74) is 8.57. The predicted octanol–water partition coefficient (Wildman–Crippen LogP) is 3.47. The first kappa shape index (κ1) is 20.1. The summed E-state index contributed by atoms with van der Waals surface area (Å²) in [6, 6.07) is 8.19. The van der Waals surface area contributed by atoms with Crippen LogP contribution in [0.3, 0.4) is 0 Å². The van der Waals surface area contributed by atoms with Gasteiger partial charge >= 0.3 is 0 Å². The summed E-state index contributed by atoms with van der Waals surface area (Å²) in [5.74, 6) is 0.844. The van der Waals surface area contributed by atoms with Gasteiger partial charge in [-0.2, -0.15) is 0 Å². The lowest BCUT2D eigenvalue weighted by Crippen LogP contribution is -2.31. The SMILES string of the molecule is Cl.Nc1ccc2c(c1)CCCC2NS(=O)(=O)c1cc2c(cc1Cl)OCCO2. The first-order chi connectivity index (χ1) is 12.4. The number of ether oxygens (including phenoxy) is 2. The van der Waals surface area contributed by atoms with Crippen molar-refractivity contribution in [3.05, 3.63) is 46.5 Å². The molecule has 0 spiro atoms. The topological polar surface area (TPSA) is 90.7 Å². The molecule has 0 amide bonds. The number of hydrogen-bond acceptors (Lipinski definition) is 5. The number of aryl methyl sites for hydroxylation is 1. The number of fused-ring (bicyclic) bond motifs is 2. The van der Waals surface area contributed by atoms with Gasteiger partial charge in [0.25, 0.3) is 0 Å². The van der Waals surface area contributed by atoms with Crippen LogP contribution in [-0.4, -0.2) is 21.6 Å². The Kier molecular flexibility index (Phi) is 5.76. The van der Waals surface area contributed by atoms with Crippen molar-refractivity contribution in [1.29, 1.82) is 0 Å². The molecule has 146 valence electrons. The van der Waals surface area contributed by atoms with E-state index in [9.17, 15) is 8.42 Å². The molecule has 1 atom stereocenters. The molecule has 0 bridgehead atoms. The second-order valence-corrected chi connectivity index (χ2v) is 8.54. The average Bonchev–Trinajstić information content (AvgIpc) is 2.60. The lowest BCUT2D eigenvalue weighted by atomic mass is 9.88. The fourth-order valence-corrected chi connectivity index (χ4v) is 5.24. The highest BCUT2D eigenvalue weighted by Gasteiger charge is 2.29. The van der Waals surface area contributed by atoms with Crippen LogP contribution in [0.2, 0.25) is 5.02 Å². The maximum absolute atomic E-state index is 13.0. The first-order valence-corrected chi connectivity index (χ1v) is 10.3. The molecular formula is C18H20Cl2N2O4S. The van der Waals surface area contributed by atoms with Crippen LogP contribution in [0.15, 0.2) is 35.2 Å². The number of rotatable bonds is 3. The molecule has 2 aromatic rings. The van der Waals surface area contributed by atoms with Crippen LogP contribution >= 0.6 is 24.0 Å². The van der Waals surface area contributed by atoms with Crippen molar-refractivity contribution >= 4 is 39.7 Å². The monoisotopic (exact) mass is 430 g/mol. The fraction of sp³-hybridized carbons (Fsp3) is 0.333. The molecule has 0 fully saturated rings. The number of hydrogen-bond donors (Lipinski definition) is 2. The largest absolute Gasteiger partial charge is 0.486 e. The minimum atomic E-state index is -3.83. The molecule has 1 aliphatic heterocycles. The highest BCUT2D eigenvalue weighted by molar-refractivity contribution is 7.89. The van der Waals surface area contributed by atoms with Crippen LogP contribution in [0.4, 0.5) is 5.69 Å². The average molecular weight is 431 g/mol. The van der Waals surface area contributed by atoms with Crippen molar-refractivity contribution in [1.82, 2.24) is 4.72 Å². The quantitative estimate of drug-likeness (QED) is 0.727. The van der Waals surface area contributed by atoms with Gasteiger partial charge in [-0.3, -0.25) is 0 Å². The molecule has 0 radical (unpaired) electrons. The van der Waals surface area contributed by atoms with Gasteiger partial charge in [-0.15, -0.1) is 12.4 Å². The van der Waals surface area contributed by atoms with E-state index in [1.165, 1.54) is 12.1 Å². The summed E-state index contributed by atoms with van der Waals surface area (Å²) in [6.45, 7) is 0.786. The Morgan fingerprint density at radius 1 is 1.11 bits per heavy atom. The van der Waals surface area contributed by atoms with Crippen LogP contribution in [0.25, 0.3) is 0 Å². The molecule has 2 aliphatic rings. The number of nitrogens with one attached hydrogen (secondary N) is 1. The molecule has 6 nitrogen and oxygen atoms in total. The molecule has 27 heavy (non-hydrogen) atoms. The smallest absolute Gasteiger partial charge is 0.242 e. The second kappa shape index (κ2) is 7.75. The van der Waals surface area contributed by atoms with E-state index in [0.29, 0.717) is 30.4 Å². The van der Waals surface area contributed by atoms with Crippen LogP contribution in [0.1, 0.15) is 30.0 Å². The molecule has 0 aromatic heterocycles. The van der Waals surface area contributed by atoms with Crippen LogP contribution in [0, 0.1) is 0 Å². The Bertz CT molecular complexity index is 966. The summed E-state index contributed by atoms with van der Waals surface area (Å²) in [4.78, 5) is -0.00835. The van der Waals surface area contributed by atoms with E-state index in [2.05, 4.69) is 4.72 Å². The van der Waals surface area contributed by atoms with Crippen LogP contribution in [0.5, 0.6) is 11.5 Å². The third kappa shape index (κ3) is 3.96. The molecular weight excluding hydrogens is 411 g/mol. The van der Waals surface area contributed by atoms with E-state index in [4.69, 9.17) is 26.8 Å². The molecule has 9 heteroatoms. The Morgan fingerprint density at radius 2 is 1.81 bits per heavy atom. The molecule has 2 aromatic carbocycles. The highest BCUT2D eigenvalue weighted by Crippen LogP contribution is 2.38. The lowest BCUT2D eigenvalue weighted by molar-refractivity contribution is 0.171. The summed E-state index contributed by atoms with van der Waals surface area (Å²) >= 11 is 6.21. The van der Waals surface area contributed by atoms with Crippen molar-refractivity contribution < 1.29 is 17.9 Å². The number of benzene rings is 2. The third-order valence-electron chi connectivity index (χ3n) is 4.66. The van der Waals surface area contributed by atoms with E-state index >= 15 is 0 Å². The molecule has 1 unspecified atom stereocenters. The van der Waals surface area contributed by atoms with Gasteiger partial charge in [0.1, 0.15) is 18.1 Å². The van der Waals surface area contributed by atoms with E-state index in [0.717, 1.165) is 30.4 Å². The van der Waals surface area contributed by atoms with Crippen molar-refractivity contribution in [3.8, 4) is 11.5 Å². The van der Waals surface area contributed by atoms with Crippen molar-refractivity contribution in [2.75, 3.05) is 18.9 Å². The maximum atomic E-state index is 13.0. The summed E-state index contributed by atoms with van der Waals surface area (Å²) in [5, 5.41) is 0.107. The van der Waals surface area contributed by atoms with Crippen LogP contribution < -0.4 is 19.9 Å². The predicted molar refractivity (Wildman–Crippen MR) is 107 cm³/mol. The molecule has 4 rings (SSSR count). The van der Waals surface area contributed by atoms with E-state index in [-0.39, 0.29) is 28.4 Å². The normalized spacial score (nSPS) is 18.3. The highest BCUT2D eigenvalue weighted by atomic mass is 35.5. The van der Waals surface area contributed by atoms with E-state index in [1.807, 2.05) is 12.1 Å². The summed E-state index contributed by atoms with van der Waals surface area (Å²) < 4.78 is 39.6. The zero-order valence-electron chi connectivity index (χ0n) is 14.4. The van der Waals surface area contributed by atoms with Crippen molar-refractivity contribution in [2.24, 2.45) is 0 Å². The zero-order valence-corrected chi connectivity index (χ0v) is 16.8. The Labute approximate surface area is 169 Å². The Balaban J connectivity index is 0.00000210. The third-order valence-corrected chi connectivity index (χ3v) is 6.60. The van der Waals surface area contributed by atoms with Crippen molar-refractivity contribution in [2.45, 2.75) is 30.2 Å². The van der Waals surface area contributed by atoms with Gasteiger partial charge in [0.15, 0.2) is 11.5 Å². The Morgan fingerprint density at radius 3 is 2.56 bits per heavy atom.